The number of hydrogen-bond donors (Lipinski definition) is 1. The molecule has 1 fully saturated rings. The summed E-state index contributed by atoms with van der Waals surface area (Å²) in [7, 11) is 0. The van der Waals surface area contributed by atoms with E-state index in [2.05, 4.69) is 38.0 Å². The molecule has 0 radical (unpaired) electrons. The highest BCUT2D eigenvalue weighted by Crippen LogP contribution is 2.63. The zero-order chi connectivity index (χ0) is 13.8. The van der Waals surface area contributed by atoms with Gasteiger partial charge in [-0.25, -0.2) is 4.98 Å². The first-order valence-electron chi connectivity index (χ1n) is 5.86. The number of hydrogen-bond acceptors (Lipinski definition) is 2. The van der Waals surface area contributed by atoms with Crippen LogP contribution in [0.2, 0.25) is 0 Å². The smallest absolute Gasteiger partial charge is 0.366 e. The van der Waals surface area contributed by atoms with Crippen molar-refractivity contribution in [1.29, 1.82) is 0 Å². The van der Waals surface area contributed by atoms with E-state index in [1.165, 1.54) is 6.07 Å². The predicted molar refractivity (Wildman–Crippen MR) is 64.2 cm³/mol. The van der Waals surface area contributed by atoms with E-state index in [0.717, 1.165) is 12.3 Å². The number of nitrogens with zero attached hydrogens (tertiary/aromatic N) is 1. The van der Waals surface area contributed by atoms with Crippen molar-refractivity contribution in [3.63, 3.8) is 0 Å². The average Bonchev–Trinajstić information content (AvgIpc) is 2.60. The second-order valence-electron chi connectivity index (χ2n) is 5.95. The molecule has 0 atom stereocenters. The van der Waals surface area contributed by atoms with Crippen molar-refractivity contribution in [2.75, 3.05) is 5.32 Å². The van der Waals surface area contributed by atoms with Gasteiger partial charge in [0.1, 0.15) is 5.82 Å². The Bertz CT molecular complexity index is 432. The number of aromatic nitrogens is 1. The average molecular weight is 258 g/mol. The van der Waals surface area contributed by atoms with E-state index < -0.39 is 11.7 Å². The summed E-state index contributed by atoms with van der Waals surface area (Å²) in [4.78, 5) is 3.83. The Morgan fingerprint density at radius 3 is 2.00 bits per heavy atom. The molecule has 5 heteroatoms. The third-order valence-electron chi connectivity index (χ3n) is 4.40. The Kier molecular flexibility index (Phi) is 2.65. The van der Waals surface area contributed by atoms with Crippen LogP contribution in [-0.2, 0) is 6.18 Å². The molecule has 0 spiro atoms. The molecule has 0 aliphatic heterocycles. The van der Waals surface area contributed by atoms with Gasteiger partial charge in [-0.05, 0) is 23.0 Å². The molecule has 18 heavy (non-hydrogen) atoms. The first kappa shape index (κ1) is 13.2. The Labute approximate surface area is 105 Å². The summed E-state index contributed by atoms with van der Waals surface area (Å²) in [5.74, 6) is 0.492. The second-order valence-corrected chi connectivity index (χ2v) is 5.95. The van der Waals surface area contributed by atoms with E-state index in [-0.39, 0.29) is 16.9 Å². The molecule has 1 aliphatic rings. The van der Waals surface area contributed by atoms with Gasteiger partial charge in [0.2, 0.25) is 0 Å². The van der Waals surface area contributed by atoms with Crippen LogP contribution in [0.3, 0.4) is 0 Å². The summed E-state index contributed by atoms with van der Waals surface area (Å²) < 4.78 is 37.1. The zero-order valence-corrected chi connectivity index (χ0v) is 10.9. The fourth-order valence-electron chi connectivity index (χ4n) is 2.35. The van der Waals surface area contributed by atoms with Gasteiger partial charge in [0.25, 0.3) is 0 Å². The highest BCUT2D eigenvalue weighted by molar-refractivity contribution is 5.42. The minimum Gasteiger partial charge on any atom is -0.366 e. The topological polar surface area (TPSA) is 24.9 Å². The molecule has 1 aromatic heterocycles. The van der Waals surface area contributed by atoms with Gasteiger partial charge >= 0.3 is 6.18 Å². The summed E-state index contributed by atoms with van der Waals surface area (Å²) in [6.07, 6.45) is -3.46. The maximum atomic E-state index is 12.4. The van der Waals surface area contributed by atoms with E-state index in [1.807, 2.05) is 0 Å². The van der Waals surface area contributed by atoms with Gasteiger partial charge in [0, 0.05) is 12.2 Å². The fourth-order valence-corrected chi connectivity index (χ4v) is 2.35. The quantitative estimate of drug-likeness (QED) is 0.868. The summed E-state index contributed by atoms with van der Waals surface area (Å²) >= 11 is 0. The molecular formula is C13H17F3N2. The number of nitrogens with one attached hydrogen (secondary N) is 1. The summed E-state index contributed by atoms with van der Waals surface area (Å²) in [6, 6.07) is 2.67. The van der Waals surface area contributed by atoms with Gasteiger partial charge in [-0.3, -0.25) is 0 Å². The Morgan fingerprint density at radius 2 is 1.67 bits per heavy atom. The van der Waals surface area contributed by atoms with Crippen LogP contribution in [0.5, 0.6) is 0 Å². The molecule has 0 unspecified atom stereocenters. The van der Waals surface area contributed by atoms with Gasteiger partial charge in [-0.1, -0.05) is 27.7 Å². The van der Waals surface area contributed by atoms with Crippen molar-refractivity contribution in [3.05, 3.63) is 23.9 Å². The Hall–Kier alpha value is -1.26. The molecule has 0 saturated heterocycles. The van der Waals surface area contributed by atoms with Gasteiger partial charge in [0.05, 0.1) is 5.56 Å². The van der Waals surface area contributed by atoms with E-state index in [0.29, 0.717) is 5.82 Å². The second kappa shape index (κ2) is 3.62. The van der Waals surface area contributed by atoms with E-state index >= 15 is 0 Å². The lowest BCUT2D eigenvalue weighted by molar-refractivity contribution is -0.137. The molecule has 2 rings (SSSR count). The summed E-state index contributed by atoms with van der Waals surface area (Å²) in [5, 5.41) is 3.20. The van der Waals surface area contributed by atoms with Crippen LogP contribution in [0.15, 0.2) is 18.3 Å². The SMILES string of the molecule is CC1(C)C(Nc2ccc(C(F)(F)F)cn2)C1(C)C. The van der Waals surface area contributed by atoms with Crippen LogP contribution >= 0.6 is 0 Å². The number of anilines is 1. The van der Waals surface area contributed by atoms with Gasteiger partial charge in [0.15, 0.2) is 0 Å². The molecule has 1 N–H and O–H groups in total. The summed E-state index contributed by atoms with van der Waals surface area (Å²) in [6.45, 7) is 8.53. The lowest BCUT2D eigenvalue weighted by Gasteiger charge is -2.09. The fraction of sp³-hybridized carbons (Fsp3) is 0.615. The molecule has 0 amide bonds. The first-order valence-corrected chi connectivity index (χ1v) is 5.86. The number of halogens is 3. The standard InChI is InChI=1S/C13H17F3N2/c1-11(2)10(12(11,3)4)18-9-6-5-8(7-17-9)13(14,15)16/h5-7,10H,1-4H3,(H,17,18). The van der Waals surface area contributed by atoms with Crippen LogP contribution in [-0.4, -0.2) is 11.0 Å². The lowest BCUT2D eigenvalue weighted by atomic mass is 10.0. The van der Waals surface area contributed by atoms with Crippen molar-refractivity contribution in [2.24, 2.45) is 10.8 Å². The van der Waals surface area contributed by atoms with E-state index in [4.69, 9.17) is 0 Å². The molecular weight excluding hydrogens is 241 g/mol. The highest BCUT2D eigenvalue weighted by Gasteiger charge is 2.65. The van der Waals surface area contributed by atoms with Crippen LogP contribution in [0, 0.1) is 10.8 Å². The minimum absolute atomic E-state index is 0.122. The van der Waals surface area contributed by atoms with Crippen molar-refractivity contribution >= 4 is 5.82 Å². The van der Waals surface area contributed by atoms with Gasteiger partial charge < -0.3 is 5.32 Å². The lowest BCUT2D eigenvalue weighted by Crippen LogP contribution is -2.12. The number of rotatable bonds is 2. The van der Waals surface area contributed by atoms with Crippen molar-refractivity contribution in [2.45, 2.75) is 39.9 Å². The predicted octanol–water partition coefficient (Wildman–Crippen LogP) is 3.95. The monoisotopic (exact) mass is 258 g/mol. The van der Waals surface area contributed by atoms with Crippen LogP contribution < -0.4 is 5.32 Å². The molecule has 1 aliphatic carbocycles. The Balaban J connectivity index is 2.09. The van der Waals surface area contributed by atoms with Crippen molar-refractivity contribution in [3.8, 4) is 0 Å². The molecule has 0 aromatic carbocycles. The van der Waals surface area contributed by atoms with Crippen LogP contribution in [0.4, 0.5) is 19.0 Å². The third kappa shape index (κ3) is 1.95. The molecule has 2 nitrogen and oxygen atoms in total. The third-order valence-corrected chi connectivity index (χ3v) is 4.40. The largest absolute Gasteiger partial charge is 0.417 e. The van der Waals surface area contributed by atoms with Gasteiger partial charge in [-0.2, -0.15) is 13.2 Å². The highest BCUT2D eigenvalue weighted by atomic mass is 19.4. The van der Waals surface area contributed by atoms with Crippen LogP contribution in [0.25, 0.3) is 0 Å². The number of alkyl halides is 3. The van der Waals surface area contributed by atoms with Crippen molar-refractivity contribution in [1.82, 2.24) is 4.98 Å². The minimum atomic E-state index is -4.33. The summed E-state index contributed by atoms with van der Waals surface area (Å²) in [5.41, 5.74) is -0.475. The van der Waals surface area contributed by atoms with E-state index in [1.54, 1.807) is 0 Å². The normalized spacial score (nSPS) is 21.7. The molecule has 100 valence electrons. The van der Waals surface area contributed by atoms with Crippen molar-refractivity contribution < 1.29 is 13.2 Å². The maximum Gasteiger partial charge on any atom is 0.417 e. The molecule has 1 heterocycles. The van der Waals surface area contributed by atoms with Crippen LogP contribution in [0.1, 0.15) is 33.3 Å². The number of pyridine rings is 1. The molecule has 1 aromatic rings. The molecule has 0 bridgehead atoms. The van der Waals surface area contributed by atoms with Gasteiger partial charge in [-0.15, -0.1) is 0 Å². The van der Waals surface area contributed by atoms with E-state index in [9.17, 15) is 13.2 Å². The first-order chi connectivity index (χ1) is 8.07. The molecule has 1 saturated carbocycles. The maximum absolute atomic E-state index is 12.4. The Morgan fingerprint density at radius 1 is 1.11 bits per heavy atom. The zero-order valence-electron chi connectivity index (χ0n) is 10.9.